The fraction of sp³-hybridized carbons (Fsp3) is 0.615. The van der Waals surface area contributed by atoms with E-state index in [-0.39, 0.29) is 17.9 Å². The number of rotatable bonds is 2. The van der Waals surface area contributed by atoms with Crippen molar-refractivity contribution in [3.63, 3.8) is 0 Å². The molecule has 3 unspecified atom stereocenters. The highest BCUT2D eigenvalue weighted by atomic mass is 16.5. The Labute approximate surface area is 112 Å². The number of aryl methyl sites for hydroxylation is 2. The monoisotopic (exact) mass is 265 g/mol. The maximum atomic E-state index is 12.3. The molecule has 2 amide bonds. The standard InChI is InChI=1S/C13H19N3O3/c1-6-11(10(5)19-15-6)8(3)16-9(4)12(17)14-7(2)13(16)18/h7-9H,1-5H3,(H,14,17). The van der Waals surface area contributed by atoms with Gasteiger partial charge >= 0.3 is 0 Å². The van der Waals surface area contributed by atoms with E-state index in [0.29, 0.717) is 5.76 Å². The molecule has 19 heavy (non-hydrogen) atoms. The highest BCUT2D eigenvalue weighted by Gasteiger charge is 2.40. The number of hydrogen-bond donors (Lipinski definition) is 1. The van der Waals surface area contributed by atoms with Crippen LogP contribution in [-0.2, 0) is 9.59 Å². The molecule has 2 rings (SSSR count). The van der Waals surface area contributed by atoms with Crippen molar-refractivity contribution < 1.29 is 14.1 Å². The minimum Gasteiger partial charge on any atom is -0.361 e. The van der Waals surface area contributed by atoms with Crippen molar-refractivity contribution in [3.05, 3.63) is 17.0 Å². The number of aromatic nitrogens is 1. The number of piperazine rings is 1. The van der Waals surface area contributed by atoms with E-state index in [1.54, 1.807) is 18.7 Å². The summed E-state index contributed by atoms with van der Waals surface area (Å²) in [5.41, 5.74) is 1.63. The van der Waals surface area contributed by atoms with Gasteiger partial charge in [0.2, 0.25) is 11.8 Å². The van der Waals surface area contributed by atoms with Crippen LogP contribution in [0.3, 0.4) is 0 Å². The molecule has 0 radical (unpaired) electrons. The Kier molecular flexibility index (Phi) is 3.34. The van der Waals surface area contributed by atoms with Gasteiger partial charge < -0.3 is 14.7 Å². The zero-order chi connectivity index (χ0) is 14.3. The second-order valence-corrected chi connectivity index (χ2v) is 5.07. The van der Waals surface area contributed by atoms with Crippen LogP contribution in [0.15, 0.2) is 4.52 Å². The summed E-state index contributed by atoms with van der Waals surface area (Å²) < 4.78 is 5.14. The van der Waals surface area contributed by atoms with Crippen LogP contribution < -0.4 is 5.32 Å². The van der Waals surface area contributed by atoms with Crippen molar-refractivity contribution in [3.8, 4) is 0 Å². The fourth-order valence-corrected chi connectivity index (χ4v) is 2.69. The molecule has 1 saturated heterocycles. The predicted molar refractivity (Wildman–Crippen MR) is 68.3 cm³/mol. The van der Waals surface area contributed by atoms with E-state index in [1.165, 1.54) is 0 Å². The highest BCUT2D eigenvalue weighted by Crippen LogP contribution is 2.29. The molecule has 0 aliphatic carbocycles. The lowest BCUT2D eigenvalue weighted by Gasteiger charge is -2.40. The Morgan fingerprint density at radius 2 is 1.95 bits per heavy atom. The fourth-order valence-electron chi connectivity index (χ4n) is 2.69. The quantitative estimate of drug-likeness (QED) is 0.868. The Balaban J connectivity index is 2.38. The third-order valence-electron chi connectivity index (χ3n) is 3.70. The van der Waals surface area contributed by atoms with Gasteiger partial charge in [0.1, 0.15) is 17.8 Å². The highest BCUT2D eigenvalue weighted by molar-refractivity contribution is 5.96. The number of nitrogens with one attached hydrogen (secondary N) is 1. The topological polar surface area (TPSA) is 75.4 Å². The van der Waals surface area contributed by atoms with Gasteiger partial charge in [-0.3, -0.25) is 9.59 Å². The van der Waals surface area contributed by atoms with Crippen LogP contribution in [0.5, 0.6) is 0 Å². The number of amides is 2. The molecule has 0 spiro atoms. The average molecular weight is 265 g/mol. The van der Waals surface area contributed by atoms with Crippen LogP contribution in [0, 0.1) is 13.8 Å². The van der Waals surface area contributed by atoms with Crippen LogP contribution in [-0.4, -0.2) is 34.0 Å². The Morgan fingerprint density at radius 1 is 1.32 bits per heavy atom. The van der Waals surface area contributed by atoms with Crippen LogP contribution >= 0.6 is 0 Å². The molecule has 6 heteroatoms. The molecule has 0 bridgehead atoms. The summed E-state index contributed by atoms with van der Waals surface area (Å²) in [6.45, 7) is 8.97. The lowest BCUT2D eigenvalue weighted by Crippen LogP contribution is -2.61. The van der Waals surface area contributed by atoms with Gasteiger partial charge in [0.15, 0.2) is 0 Å². The summed E-state index contributed by atoms with van der Waals surface area (Å²) in [6.07, 6.45) is 0. The summed E-state index contributed by atoms with van der Waals surface area (Å²) in [6, 6.07) is -1.22. The van der Waals surface area contributed by atoms with Gasteiger partial charge in [0.25, 0.3) is 0 Å². The minimum atomic E-state index is -0.494. The van der Waals surface area contributed by atoms with Gasteiger partial charge in [0, 0.05) is 5.56 Å². The molecular formula is C13H19N3O3. The minimum absolute atomic E-state index is 0.0837. The van der Waals surface area contributed by atoms with Crippen molar-refractivity contribution in [1.82, 2.24) is 15.4 Å². The first kappa shape index (κ1) is 13.6. The normalized spacial score (nSPS) is 25.4. The van der Waals surface area contributed by atoms with E-state index in [2.05, 4.69) is 10.5 Å². The van der Waals surface area contributed by atoms with Crippen LogP contribution in [0.1, 0.15) is 43.8 Å². The second kappa shape index (κ2) is 4.68. The smallest absolute Gasteiger partial charge is 0.246 e. The van der Waals surface area contributed by atoms with Crippen molar-refractivity contribution in [2.75, 3.05) is 0 Å². The van der Waals surface area contributed by atoms with E-state index in [1.807, 2.05) is 20.8 Å². The first-order chi connectivity index (χ1) is 8.84. The number of carbonyl (C=O) groups excluding carboxylic acids is 2. The Bertz CT molecular complexity index is 504. The van der Waals surface area contributed by atoms with Gasteiger partial charge in [-0.2, -0.15) is 0 Å². The van der Waals surface area contributed by atoms with E-state index < -0.39 is 12.1 Å². The third kappa shape index (κ3) is 2.11. The maximum absolute atomic E-state index is 12.3. The lowest BCUT2D eigenvalue weighted by atomic mass is 10.00. The molecule has 104 valence electrons. The van der Waals surface area contributed by atoms with E-state index in [9.17, 15) is 9.59 Å². The van der Waals surface area contributed by atoms with Crippen molar-refractivity contribution >= 4 is 11.8 Å². The number of hydrogen-bond acceptors (Lipinski definition) is 4. The van der Waals surface area contributed by atoms with Gasteiger partial charge in [-0.25, -0.2) is 0 Å². The molecule has 0 aromatic carbocycles. The van der Waals surface area contributed by atoms with E-state index in [4.69, 9.17) is 4.52 Å². The van der Waals surface area contributed by atoms with Crippen LogP contribution in [0.4, 0.5) is 0 Å². The Morgan fingerprint density at radius 3 is 2.47 bits per heavy atom. The van der Waals surface area contributed by atoms with Gasteiger partial charge in [-0.15, -0.1) is 0 Å². The molecular weight excluding hydrogens is 246 g/mol. The molecule has 1 aromatic heterocycles. The Hall–Kier alpha value is -1.85. The SMILES string of the molecule is Cc1noc(C)c1C(C)N1C(=O)C(C)NC(=O)C1C. The molecule has 1 aromatic rings. The molecule has 2 heterocycles. The van der Waals surface area contributed by atoms with Crippen molar-refractivity contribution in [1.29, 1.82) is 0 Å². The molecule has 1 N–H and O–H groups in total. The molecule has 1 aliphatic heterocycles. The van der Waals surface area contributed by atoms with Gasteiger partial charge in [-0.1, -0.05) is 5.16 Å². The number of carbonyl (C=O) groups is 2. The second-order valence-electron chi connectivity index (χ2n) is 5.07. The summed E-state index contributed by atoms with van der Waals surface area (Å²) in [5.74, 6) is 0.467. The van der Waals surface area contributed by atoms with Crippen LogP contribution in [0.2, 0.25) is 0 Å². The predicted octanol–water partition coefficient (Wildman–Crippen LogP) is 1.09. The van der Waals surface area contributed by atoms with Gasteiger partial charge in [-0.05, 0) is 34.6 Å². The zero-order valence-electron chi connectivity index (χ0n) is 11.9. The molecule has 1 fully saturated rings. The largest absolute Gasteiger partial charge is 0.361 e. The van der Waals surface area contributed by atoms with Crippen molar-refractivity contribution in [2.24, 2.45) is 0 Å². The summed E-state index contributed by atoms with van der Waals surface area (Å²) >= 11 is 0. The number of nitrogens with zero attached hydrogens (tertiary/aromatic N) is 2. The van der Waals surface area contributed by atoms with Crippen molar-refractivity contribution in [2.45, 2.75) is 52.7 Å². The molecule has 3 atom stereocenters. The summed E-state index contributed by atoms with van der Waals surface area (Å²) in [5, 5.41) is 6.58. The van der Waals surface area contributed by atoms with E-state index in [0.717, 1.165) is 11.3 Å². The first-order valence-electron chi connectivity index (χ1n) is 6.40. The summed E-state index contributed by atoms with van der Waals surface area (Å²) in [7, 11) is 0. The first-order valence-corrected chi connectivity index (χ1v) is 6.40. The van der Waals surface area contributed by atoms with Gasteiger partial charge in [0.05, 0.1) is 11.7 Å². The third-order valence-corrected chi connectivity index (χ3v) is 3.70. The summed E-state index contributed by atoms with van der Waals surface area (Å²) in [4.78, 5) is 25.8. The van der Waals surface area contributed by atoms with Crippen LogP contribution in [0.25, 0.3) is 0 Å². The average Bonchev–Trinajstić information content (AvgIpc) is 2.66. The lowest BCUT2D eigenvalue weighted by molar-refractivity contribution is -0.150. The maximum Gasteiger partial charge on any atom is 0.246 e. The molecule has 0 saturated carbocycles. The zero-order valence-corrected chi connectivity index (χ0v) is 11.9. The van der Waals surface area contributed by atoms with E-state index >= 15 is 0 Å². The molecule has 1 aliphatic rings. The molecule has 6 nitrogen and oxygen atoms in total.